The van der Waals surface area contributed by atoms with Gasteiger partial charge in [-0.3, -0.25) is 4.89 Å². The molecule has 0 N–H and O–H groups in total. The summed E-state index contributed by atoms with van der Waals surface area (Å²) in [4.78, 5) is 20.4. The summed E-state index contributed by atoms with van der Waals surface area (Å²) in [7, 11) is 0. The second-order valence-corrected chi connectivity index (χ2v) is 6.58. The minimum atomic E-state index is -0.324. The molecule has 4 fully saturated rings. The summed E-state index contributed by atoms with van der Waals surface area (Å²) in [5.41, 5.74) is 0.118. The van der Waals surface area contributed by atoms with Crippen molar-refractivity contribution < 1.29 is 19.3 Å². The lowest BCUT2D eigenvalue weighted by atomic mass is 9.54. The molecule has 0 atom stereocenters. The lowest BCUT2D eigenvalue weighted by Crippen LogP contribution is -2.52. The molecule has 4 bridgehead atoms. The zero-order valence-corrected chi connectivity index (χ0v) is 11.7. The molecule has 4 heteroatoms. The Hall–Kier alpha value is -0.610. The lowest BCUT2D eigenvalue weighted by molar-refractivity contribution is -0.282. The molecule has 0 spiro atoms. The highest BCUT2D eigenvalue weighted by Crippen LogP contribution is 2.57. The van der Waals surface area contributed by atoms with Crippen LogP contribution in [-0.2, 0) is 19.3 Å². The van der Waals surface area contributed by atoms with Crippen LogP contribution in [0.15, 0.2) is 0 Å². The largest absolute Gasteiger partial charge is 0.372 e. The molecule has 0 saturated heterocycles. The van der Waals surface area contributed by atoms with E-state index >= 15 is 0 Å². The van der Waals surface area contributed by atoms with E-state index in [9.17, 15) is 4.79 Å². The third kappa shape index (κ3) is 2.95. The van der Waals surface area contributed by atoms with Gasteiger partial charge in [-0.1, -0.05) is 6.92 Å². The van der Waals surface area contributed by atoms with Crippen LogP contribution in [0.5, 0.6) is 0 Å². The van der Waals surface area contributed by atoms with Crippen molar-refractivity contribution in [2.75, 3.05) is 13.2 Å². The van der Waals surface area contributed by atoms with E-state index in [0.717, 1.165) is 17.8 Å². The van der Waals surface area contributed by atoms with Crippen LogP contribution in [0.2, 0.25) is 0 Å². The summed E-state index contributed by atoms with van der Waals surface area (Å²) in [6.45, 7) is 2.62. The van der Waals surface area contributed by atoms with Gasteiger partial charge in [-0.2, -0.15) is 4.89 Å². The molecule has 0 aromatic heterocycles. The van der Waals surface area contributed by atoms with Crippen molar-refractivity contribution in [3.8, 4) is 0 Å². The van der Waals surface area contributed by atoms with Crippen LogP contribution in [0.3, 0.4) is 0 Å². The average Bonchev–Trinajstić information content (AvgIpc) is 2.36. The summed E-state index contributed by atoms with van der Waals surface area (Å²) in [6.07, 6.45) is 8.30. The normalized spacial score (nSPS) is 39.5. The maximum atomic E-state index is 10.9. The highest BCUT2D eigenvalue weighted by Gasteiger charge is 2.51. The standard InChI is InChI=1S/C15H24O4/c1-2-14(16)19-18-4-3-17-15-8-11-5-12(9-15)7-13(6-11)10-15/h11-13H,2-10H2,1H3. The molecule has 0 aromatic carbocycles. The van der Waals surface area contributed by atoms with Gasteiger partial charge >= 0.3 is 5.97 Å². The zero-order valence-electron chi connectivity index (χ0n) is 11.7. The summed E-state index contributed by atoms with van der Waals surface area (Å²) in [6, 6.07) is 0. The quantitative estimate of drug-likeness (QED) is 0.422. The number of rotatable bonds is 6. The Morgan fingerprint density at radius 2 is 1.63 bits per heavy atom. The van der Waals surface area contributed by atoms with E-state index in [1.807, 2.05) is 0 Å². The Balaban J connectivity index is 1.41. The van der Waals surface area contributed by atoms with Crippen molar-refractivity contribution in [2.45, 2.75) is 57.5 Å². The summed E-state index contributed by atoms with van der Waals surface area (Å²) in [5.74, 6) is 2.36. The first kappa shape index (κ1) is 13.4. The van der Waals surface area contributed by atoms with E-state index in [1.165, 1.54) is 38.5 Å². The molecule has 0 unspecified atom stereocenters. The smallest absolute Gasteiger partial charge is 0.342 e. The Bertz CT molecular complexity index is 304. The van der Waals surface area contributed by atoms with Gasteiger partial charge in [-0.15, -0.1) is 0 Å². The molecule has 108 valence electrons. The topological polar surface area (TPSA) is 44.8 Å². The van der Waals surface area contributed by atoms with Gasteiger partial charge in [0.2, 0.25) is 0 Å². The van der Waals surface area contributed by atoms with Crippen molar-refractivity contribution in [3.63, 3.8) is 0 Å². The average molecular weight is 268 g/mol. The molecule has 4 saturated carbocycles. The fourth-order valence-electron chi connectivity index (χ4n) is 4.67. The maximum Gasteiger partial charge on any atom is 0.342 e. The molecule has 0 heterocycles. The molecular formula is C15H24O4. The van der Waals surface area contributed by atoms with Gasteiger partial charge in [0.1, 0.15) is 6.61 Å². The highest BCUT2D eigenvalue weighted by molar-refractivity contribution is 5.68. The van der Waals surface area contributed by atoms with Gasteiger partial charge < -0.3 is 4.74 Å². The van der Waals surface area contributed by atoms with E-state index in [2.05, 4.69) is 4.89 Å². The molecule has 4 rings (SSSR count). The van der Waals surface area contributed by atoms with Gasteiger partial charge in [-0.05, 0) is 56.3 Å². The first-order chi connectivity index (χ1) is 9.19. The number of carbonyl (C=O) groups excluding carboxylic acids is 1. The Labute approximate surface area is 114 Å². The van der Waals surface area contributed by atoms with Crippen molar-refractivity contribution in [1.29, 1.82) is 0 Å². The van der Waals surface area contributed by atoms with Crippen molar-refractivity contribution >= 4 is 5.97 Å². The van der Waals surface area contributed by atoms with E-state index in [-0.39, 0.29) is 11.6 Å². The molecule has 0 aliphatic heterocycles. The van der Waals surface area contributed by atoms with Gasteiger partial charge in [0.05, 0.1) is 12.2 Å². The van der Waals surface area contributed by atoms with E-state index < -0.39 is 0 Å². The molecular weight excluding hydrogens is 244 g/mol. The van der Waals surface area contributed by atoms with Crippen LogP contribution in [-0.4, -0.2) is 24.8 Å². The fourth-order valence-corrected chi connectivity index (χ4v) is 4.67. The van der Waals surface area contributed by atoms with E-state index in [4.69, 9.17) is 9.62 Å². The second kappa shape index (κ2) is 5.41. The number of carbonyl (C=O) groups is 1. The van der Waals surface area contributed by atoms with Gasteiger partial charge in [-0.25, -0.2) is 4.79 Å². The Morgan fingerprint density at radius 3 is 2.16 bits per heavy atom. The van der Waals surface area contributed by atoms with Crippen molar-refractivity contribution in [2.24, 2.45) is 17.8 Å². The fraction of sp³-hybridized carbons (Fsp3) is 0.933. The molecule has 19 heavy (non-hydrogen) atoms. The van der Waals surface area contributed by atoms with Crippen LogP contribution in [0.1, 0.15) is 51.9 Å². The first-order valence-corrected chi connectivity index (χ1v) is 7.65. The number of ether oxygens (including phenoxy) is 1. The van der Waals surface area contributed by atoms with E-state index in [0.29, 0.717) is 19.6 Å². The SMILES string of the molecule is CCC(=O)OOCCOC12CC3CC(CC(C3)C1)C2. The van der Waals surface area contributed by atoms with Crippen molar-refractivity contribution in [3.05, 3.63) is 0 Å². The van der Waals surface area contributed by atoms with E-state index in [1.54, 1.807) is 6.92 Å². The second-order valence-electron chi connectivity index (χ2n) is 6.58. The molecule has 0 aromatic rings. The van der Waals surface area contributed by atoms with Crippen molar-refractivity contribution in [1.82, 2.24) is 0 Å². The minimum Gasteiger partial charge on any atom is -0.372 e. The van der Waals surface area contributed by atoms with Crippen LogP contribution >= 0.6 is 0 Å². The van der Waals surface area contributed by atoms with Gasteiger partial charge in [0, 0.05) is 6.42 Å². The first-order valence-electron chi connectivity index (χ1n) is 7.65. The van der Waals surface area contributed by atoms with Crippen LogP contribution < -0.4 is 0 Å². The lowest BCUT2D eigenvalue weighted by Gasteiger charge is -2.56. The third-order valence-electron chi connectivity index (χ3n) is 5.00. The predicted molar refractivity (Wildman–Crippen MR) is 69.2 cm³/mol. The summed E-state index contributed by atoms with van der Waals surface area (Å²) >= 11 is 0. The summed E-state index contributed by atoms with van der Waals surface area (Å²) < 4.78 is 6.14. The minimum absolute atomic E-state index is 0.118. The number of hydrogen-bond acceptors (Lipinski definition) is 4. The summed E-state index contributed by atoms with van der Waals surface area (Å²) in [5, 5.41) is 0. The maximum absolute atomic E-state index is 10.9. The van der Waals surface area contributed by atoms with Crippen LogP contribution in [0, 0.1) is 17.8 Å². The molecule has 4 aliphatic rings. The Morgan fingerprint density at radius 1 is 1.05 bits per heavy atom. The van der Waals surface area contributed by atoms with Crippen LogP contribution in [0.25, 0.3) is 0 Å². The van der Waals surface area contributed by atoms with Crippen LogP contribution in [0.4, 0.5) is 0 Å². The molecule has 4 nitrogen and oxygen atoms in total. The van der Waals surface area contributed by atoms with Gasteiger partial charge in [0.25, 0.3) is 0 Å². The molecule has 0 radical (unpaired) electrons. The zero-order chi connectivity index (χ0) is 13.3. The monoisotopic (exact) mass is 268 g/mol. The predicted octanol–water partition coefficient (Wildman–Crippen LogP) is 2.86. The number of hydrogen-bond donors (Lipinski definition) is 0. The molecule has 0 amide bonds. The molecule has 4 aliphatic carbocycles. The Kier molecular flexibility index (Phi) is 3.81. The third-order valence-corrected chi connectivity index (χ3v) is 5.00. The highest BCUT2D eigenvalue weighted by atomic mass is 17.2. The van der Waals surface area contributed by atoms with Gasteiger partial charge in [0.15, 0.2) is 0 Å².